The van der Waals surface area contributed by atoms with Gasteiger partial charge in [0.2, 0.25) is 0 Å². The number of ether oxygens (including phenoxy) is 2. The minimum Gasteiger partial charge on any atom is -0.497 e. The number of aliphatic imine (C=N–C) groups is 2. The molecule has 0 aliphatic carbocycles. The van der Waals surface area contributed by atoms with Gasteiger partial charge in [-0.05, 0) is 47.5 Å². The summed E-state index contributed by atoms with van der Waals surface area (Å²) in [6.45, 7) is 0. The molecule has 0 bridgehead atoms. The van der Waals surface area contributed by atoms with Crippen LogP contribution in [0.3, 0.4) is 0 Å². The Kier molecular flexibility index (Phi) is 7.13. The van der Waals surface area contributed by atoms with Gasteiger partial charge in [-0.15, -0.1) is 0 Å². The standard InChI is InChI=1S/C25H20N4O2/c1-30-22-11-5-18(6-12-22)3-9-20-15-21(29-25(17-27)24(16-26)28-20)10-4-19-7-13-23(31-2)14-8-19/h3-14H,15H2,1-2H3/b9-3+,10-4+. The quantitative estimate of drug-likeness (QED) is 0.674. The molecule has 6 nitrogen and oxygen atoms in total. The molecule has 1 heterocycles. The molecule has 0 atom stereocenters. The zero-order valence-corrected chi connectivity index (χ0v) is 17.2. The Bertz CT molecular complexity index is 1080. The molecule has 2 aromatic carbocycles. The predicted octanol–water partition coefficient (Wildman–Crippen LogP) is 4.97. The summed E-state index contributed by atoms with van der Waals surface area (Å²) >= 11 is 0. The van der Waals surface area contributed by atoms with Crippen molar-refractivity contribution in [3.05, 3.63) is 83.2 Å². The average molecular weight is 408 g/mol. The largest absolute Gasteiger partial charge is 0.497 e. The summed E-state index contributed by atoms with van der Waals surface area (Å²) in [4.78, 5) is 8.72. The molecule has 0 N–H and O–H groups in total. The molecule has 1 aliphatic heterocycles. The van der Waals surface area contributed by atoms with Crippen LogP contribution in [-0.4, -0.2) is 25.6 Å². The fourth-order valence-electron chi connectivity index (χ4n) is 2.82. The molecule has 2 aromatic rings. The monoisotopic (exact) mass is 408 g/mol. The third kappa shape index (κ3) is 5.79. The Morgan fingerprint density at radius 2 is 1.06 bits per heavy atom. The van der Waals surface area contributed by atoms with Gasteiger partial charge in [-0.1, -0.05) is 36.4 Å². The molecule has 152 valence electrons. The Labute approximate surface area is 181 Å². The number of nitriles is 2. The number of nitrogens with zero attached hydrogens (tertiary/aromatic N) is 4. The van der Waals surface area contributed by atoms with Gasteiger partial charge < -0.3 is 9.47 Å². The van der Waals surface area contributed by atoms with Crippen molar-refractivity contribution in [3.8, 4) is 23.6 Å². The molecule has 0 spiro atoms. The van der Waals surface area contributed by atoms with Gasteiger partial charge in [0.25, 0.3) is 0 Å². The van der Waals surface area contributed by atoms with Crippen LogP contribution in [0.4, 0.5) is 0 Å². The number of hydrogen-bond acceptors (Lipinski definition) is 6. The first kappa shape index (κ1) is 21.3. The van der Waals surface area contributed by atoms with Crippen LogP contribution in [0.2, 0.25) is 0 Å². The van der Waals surface area contributed by atoms with Gasteiger partial charge in [0.05, 0.1) is 14.2 Å². The molecule has 0 saturated carbocycles. The highest BCUT2D eigenvalue weighted by Crippen LogP contribution is 2.18. The van der Waals surface area contributed by atoms with E-state index in [0.29, 0.717) is 17.8 Å². The normalized spacial score (nSPS) is 13.9. The smallest absolute Gasteiger partial charge is 0.177 e. The topological polar surface area (TPSA) is 90.8 Å². The number of rotatable bonds is 6. The lowest BCUT2D eigenvalue weighted by Crippen LogP contribution is -2.02. The van der Waals surface area contributed by atoms with Crippen LogP contribution in [0, 0.1) is 22.7 Å². The van der Waals surface area contributed by atoms with Gasteiger partial charge in [0, 0.05) is 17.8 Å². The number of hydrogen-bond donors (Lipinski definition) is 0. The lowest BCUT2D eigenvalue weighted by atomic mass is 10.1. The second kappa shape index (κ2) is 10.4. The van der Waals surface area contributed by atoms with Crippen LogP contribution in [0.25, 0.3) is 12.2 Å². The van der Waals surface area contributed by atoms with Crippen LogP contribution in [0.1, 0.15) is 17.5 Å². The summed E-state index contributed by atoms with van der Waals surface area (Å²) in [7, 11) is 3.24. The van der Waals surface area contributed by atoms with E-state index < -0.39 is 0 Å². The SMILES string of the molecule is COc1ccc(/C=C/C2=NC(C#N)=C(C#N)N=C(/C=C/c3ccc(OC)cc3)C2)cc1. The predicted molar refractivity (Wildman–Crippen MR) is 122 cm³/mol. The maximum absolute atomic E-state index is 9.42. The summed E-state index contributed by atoms with van der Waals surface area (Å²) < 4.78 is 10.3. The number of allylic oxidation sites excluding steroid dienone is 4. The van der Waals surface area contributed by atoms with E-state index in [2.05, 4.69) is 9.98 Å². The van der Waals surface area contributed by atoms with Gasteiger partial charge >= 0.3 is 0 Å². The third-order valence-corrected chi connectivity index (χ3v) is 4.48. The second-order valence-electron chi connectivity index (χ2n) is 6.52. The van der Waals surface area contributed by atoms with E-state index in [4.69, 9.17) is 9.47 Å². The van der Waals surface area contributed by atoms with E-state index in [1.165, 1.54) is 0 Å². The molecule has 1 aliphatic rings. The Hall–Kier alpha value is -4.42. The first-order chi connectivity index (χ1) is 15.1. The number of benzene rings is 2. The molecule has 3 rings (SSSR count). The summed E-state index contributed by atoms with van der Waals surface area (Å²) in [5.74, 6) is 1.55. The molecule has 0 unspecified atom stereocenters. The fourth-order valence-corrected chi connectivity index (χ4v) is 2.82. The summed E-state index contributed by atoms with van der Waals surface area (Å²) in [5, 5.41) is 18.8. The van der Waals surface area contributed by atoms with Crippen LogP contribution in [0.5, 0.6) is 11.5 Å². The average Bonchev–Trinajstić information content (AvgIpc) is 3.00. The molecule has 0 aromatic heterocycles. The molecule has 0 saturated heterocycles. The number of methoxy groups -OCH3 is 2. The third-order valence-electron chi connectivity index (χ3n) is 4.48. The van der Waals surface area contributed by atoms with Crippen molar-refractivity contribution in [3.63, 3.8) is 0 Å². The van der Waals surface area contributed by atoms with Crippen molar-refractivity contribution >= 4 is 23.6 Å². The maximum atomic E-state index is 9.42. The first-order valence-corrected chi connectivity index (χ1v) is 9.49. The van der Waals surface area contributed by atoms with Crippen molar-refractivity contribution in [2.24, 2.45) is 9.98 Å². The van der Waals surface area contributed by atoms with E-state index >= 15 is 0 Å². The molecule has 0 fully saturated rings. The van der Waals surface area contributed by atoms with Crippen molar-refractivity contribution in [1.29, 1.82) is 10.5 Å². The van der Waals surface area contributed by atoms with E-state index in [9.17, 15) is 10.5 Å². The van der Waals surface area contributed by atoms with E-state index in [-0.39, 0.29) is 11.4 Å². The lowest BCUT2D eigenvalue weighted by molar-refractivity contribution is 0.414. The molecule has 31 heavy (non-hydrogen) atoms. The van der Waals surface area contributed by atoms with Crippen LogP contribution in [0.15, 0.2) is 82.1 Å². The van der Waals surface area contributed by atoms with E-state index in [0.717, 1.165) is 22.6 Å². The maximum Gasteiger partial charge on any atom is 0.177 e. The van der Waals surface area contributed by atoms with Gasteiger partial charge in [-0.2, -0.15) is 10.5 Å². The fraction of sp³-hybridized carbons (Fsp3) is 0.120. The first-order valence-electron chi connectivity index (χ1n) is 9.49. The van der Waals surface area contributed by atoms with Gasteiger partial charge in [0.1, 0.15) is 23.6 Å². The van der Waals surface area contributed by atoms with Crippen LogP contribution in [-0.2, 0) is 0 Å². The molecule has 0 amide bonds. The van der Waals surface area contributed by atoms with Gasteiger partial charge in [-0.3, -0.25) is 0 Å². The molecular formula is C25H20N4O2. The Balaban J connectivity index is 1.87. The minimum atomic E-state index is 0.00438. The van der Waals surface area contributed by atoms with Crippen molar-refractivity contribution in [2.75, 3.05) is 14.2 Å². The summed E-state index contributed by atoms with van der Waals surface area (Å²) in [6, 6.07) is 19.1. The Morgan fingerprint density at radius 1 is 0.677 bits per heavy atom. The summed E-state index contributed by atoms with van der Waals surface area (Å²) in [6.07, 6.45) is 7.84. The van der Waals surface area contributed by atoms with Gasteiger partial charge in [-0.25, -0.2) is 9.98 Å². The zero-order chi connectivity index (χ0) is 22.1. The highest BCUT2D eigenvalue weighted by Gasteiger charge is 2.13. The summed E-state index contributed by atoms with van der Waals surface area (Å²) in [5.41, 5.74) is 3.20. The zero-order valence-electron chi connectivity index (χ0n) is 17.2. The Morgan fingerprint density at radius 3 is 1.39 bits per heavy atom. The second-order valence-corrected chi connectivity index (χ2v) is 6.52. The van der Waals surface area contributed by atoms with E-state index in [1.807, 2.05) is 85.0 Å². The molecule has 6 heteroatoms. The van der Waals surface area contributed by atoms with Gasteiger partial charge in [0.15, 0.2) is 11.4 Å². The van der Waals surface area contributed by atoms with Crippen LogP contribution < -0.4 is 9.47 Å². The van der Waals surface area contributed by atoms with Crippen molar-refractivity contribution in [1.82, 2.24) is 0 Å². The van der Waals surface area contributed by atoms with Crippen molar-refractivity contribution in [2.45, 2.75) is 6.42 Å². The van der Waals surface area contributed by atoms with Crippen molar-refractivity contribution < 1.29 is 9.47 Å². The molecule has 0 radical (unpaired) electrons. The minimum absolute atomic E-state index is 0.00438. The lowest BCUT2D eigenvalue weighted by Gasteiger charge is -2.02. The van der Waals surface area contributed by atoms with E-state index in [1.54, 1.807) is 14.2 Å². The molecular weight excluding hydrogens is 388 g/mol. The van der Waals surface area contributed by atoms with Crippen LogP contribution >= 0.6 is 0 Å². The highest BCUT2D eigenvalue weighted by atomic mass is 16.5. The highest BCUT2D eigenvalue weighted by molar-refractivity contribution is 6.16.